The Hall–Kier alpha value is -7.04. The van der Waals surface area contributed by atoms with E-state index in [-0.39, 0.29) is 22.4 Å². The fraction of sp³-hybridized carbons (Fsp3) is 0.200. The topological polar surface area (TPSA) is 50.9 Å². The van der Waals surface area contributed by atoms with Crippen LogP contribution < -0.4 is 0 Å². The van der Waals surface area contributed by atoms with Gasteiger partial charge in [0.2, 0.25) is 0 Å². The first kappa shape index (κ1) is 29.3. The molecule has 1 N–H and O–H groups in total. The summed E-state index contributed by atoms with van der Waals surface area (Å²) in [4.78, 5) is 9.86. The van der Waals surface area contributed by atoms with Crippen molar-refractivity contribution in [3.8, 4) is 78.6 Å². The molecule has 4 nitrogen and oxygen atoms in total. The highest BCUT2D eigenvalue weighted by Crippen LogP contribution is 2.44. The van der Waals surface area contributed by atoms with Crippen LogP contribution in [0.3, 0.4) is 0 Å². The summed E-state index contributed by atoms with van der Waals surface area (Å²) < 4.78 is 115. The summed E-state index contributed by atoms with van der Waals surface area (Å²) in [5.74, 6) is 0.317. The van der Waals surface area contributed by atoms with Crippen molar-refractivity contribution in [3.05, 3.63) is 191 Å². The number of nitrogens with zero attached hydrogens (tertiary/aromatic N) is 3. The van der Waals surface area contributed by atoms with E-state index in [1.807, 2.05) is 130 Å². The van der Waals surface area contributed by atoms with Crippen LogP contribution in [0.15, 0.2) is 158 Å². The molecule has 4 heteroatoms. The zero-order chi connectivity index (χ0) is 56.2. The lowest BCUT2D eigenvalue weighted by atomic mass is 9.83. The van der Waals surface area contributed by atoms with E-state index >= 15 is 0 Å². The van der Waals surface area contributed by atoms with Crippen LogP contribution in [0, 0.1) is 27.6 Å². The molecule has 0 saturated heterocycles. The highest BCUT2D eigenvalue weighted by molar-refractivity contribution is 5.98. The van der Waals surface area contributed by atoms with Gasteiger partial charge in [0.25, 0.3) is 0 Å². The third kappa shape index (κ3) is 8.05. The standard InChI is InChI=1S/C60H57N3O/c1-37-19-21-41(22-20-37)44-27-28-61-53(35-44)46-32-45(33-48(34-46)60(8,9)10)49-17-14-18-54-56(49)62-58(52-30-38(2)29-40(4)57(52)64)63(54)55-31-39(3)50(42-15-12-11-13-16-42)36-51(55)43-23-25-47(26-24-43)59(5,6)7/h11-36,64H,1-10H3/i1D3,3D3,19D,20D,21D,22D,27D,28D,35D. The van der Waals surface area contributed by atoms with Crippen LogP contribution in [0.5, 0.6) is 5.75 Å². The van der Waals surface area contributed by atoms with Gasteiger partial charge in [-0.3, -0.25) is 9.55 Å². The Kier molecular flexibility index (Phi) is 7.46. The number of phenols is 1. The second-order valence-corrected chi connectivity index (χ2v) is 18.5. The quantitative estimate of drug-likeness (QED) is 0.174. The maximum atomic E-state index is 12.0. The number of aryl methyl sites for hydroxylation is 3. The molecule has 2 heterocycles. The minimum atomic E-state index is -2.99. The second-order valence-electron chi connectivity index (χ2n) is 18.5. The van der Waals surface area contributed by atoms with E-state index in [1.165, 1.54) is 0 Å². The molecule has 9 rings (SSSR count). The molecule has 0 spiro atoms. The summed E-state index contributed by atoms with van der Waals surface area (Å²) in [6, 6.07) is 31.9. The predicted octanol–water partition coefficient (Wildman–Crippen LogP) is 16.0. The van der Waals surface area contributed by atoms with E-state index in [1.54, 1.807) is 12.1 Å². The zero-order valence-corrected chi connectivity index (χ0v) is 37.3. The van der Waals surface area contributed by atoms with Crippen molar-refractivity contribution in [1.82, 2.24) is 14.5 Å². The van der Waals surface area contributed by atoms with Crippen LogP contribution in [0.2, 0.25) is 0 Å². The second kappa shape index (κ2) is 16.3. The molecular weight excluding hydrogens is 779 g/mol. The van der Waals surface area contributed by atoms with E-state index in [0.29, 0.717) is 61.5 Å². The van der Waals surface area contributed by atoms with Gasteiger partial charge in [-0.25, -0.2) is 4.98 Å². The van der Waals surface area contributed by atoms with Crippen LogP contribution in [0.1, 0.15) is 92.7 Å². The lowest BCUT2D eigenvalue weighted by Gasteiger charge is -2.22. The number of rotatable bonds is 7. The Bertz CT molecular complexity index is 3820. The van der Waals surface area contributed by atoms with Crippen molar-refractivity contribution < 1.29 is 22.9 Å². The van der Waals surface area contributed by atoms with E-state index in [0.717, 1.165) is 27.8 Å². The van der Waals surface area contributed by atoms with Gasteiger partial charge >= 0.3 is 0 Å². The van der Waals surface area contributed by atoms with Crippen molar-refractivity contribution >= 4 is 11.0 Å². The molecule has 7 aromatic carbocycles. The lowest BCUT2D eigenvalue weighted by Crippen LogP contribution is -2.11. The summed E-state index contributed by atoms with van der Waals surface area (Å²) >= 11 is 0. The van der Waals surface area contributed by atoms with Gasteiger partial charge in [0.15, 0.2) is 0 Å². The molecule has 0 bridgehead atoms. The van der Waals surface area contributed by atoms with Gasteiger partial charge in [0.05, 0.1) is 37.6 Å². The Labute approximate surface area is 397 Å². The number of pyridine rings is 1. The van der Waals surface area contributed by atoms with Crippen LogP contribution in [-0.2, 0) is 10.8 Å². The van der Waals surface area contributed by atoms with Gasteiger partial charge in [-0.2, -0.15) is 0 Å². The molecule has 0 saturated carbocycles. The average Bonchev–Trinajstić information content (AvgIpc) is 3.77. The zero-order valence-electron chi connectivity index (χ0n) is 50.3. The molecule has 0 aliphatic carbocycles. The molecule has 64 heavy (non-hydrogen) atoms. The van der Waals surface area contributed by atoms with Crippen LogP contribution >= 0.6 is 0 Å². The minimum Gasteiger partial charge on any atom is -0.507 e. The first-order chi connectivity index (χ1) is 35.9. The monoisotopic (exact) mass is 849 g/mol. The Morgan fingerprint density at radius 1 is 0.547 bits per heavy atom. The number of hydrogen-bond acceptors (Lipinski definition) is 3. The number of fused-ring (bicyclic) bond motifs is 1. The summed E-state index contributed by atoms with van der Waals surface area (Å²) in [5, 5.41) is 12.0. The largest absolute Gasteiger partial charge is 0.507 e. The van der Waals surface area contributed by atoms with Crippen molar-refractivity contribution in [1.29, 1.82) is 0 Å². The molecule has 0 fully saturated rings. The molecule has 318 valence electrons. The Morgan fingerprint density at radius 3 is 1.97 bits per heavy atom. The van der Waals surface area contributed by atoms with Crippen LogP contribution in [-0.4, -0.2) is 19.6 Å². The fourth-order valence-corrected chi connectivity index (χ4v) is 8.27. The van der Waals surface area contributed by atoms with E-state index < -0.39 is 78.2 Å². The van der Waals surface area contributed by atoms with Gasteiger partial charge in [0, 0.05) is 31.1 Å². The molecular formula is C60H57N3O. The first-order valence-electron chi connectivity index (χ1n) is 27.8. The first-order valence-corrected chi connectivity index (χ1v) is 21.3. The minimum absolute atomic E-state index is 0.0116. The predicted molar refractivity (Wildman–Crippen MR) is 269 cm³/mol. The molecule has 0 unspecified atom stereocenters. The van der Waals surface area contributed by atoms with Gasteiger partial charge < -0.3 is 5.11 Å². The summed E-state index contributed by atoms with van der Waals surface area (Å²) in [6.45, 7) is 10.6. The summed E-state index contributed by atoms with van der Waals surface area (Å²) in [6.07, 6.45) is -0.609. The lowest BCUT2D eigenvalue weighted by molar-refractivity contribution is 0.472. The van der Waals surface area contributed by atoms with Crippen LogP contribution in [0.25, 0.3) is 83.9 Å². The van der Waals surface area contributed by atoms with E-state index in [4.69, 9.17) is 21.4 Å². The number of aromatic hydroxyl groups is 1. The normalized spacial score (nSPS) is 15.3. The van der Waals surface area contributed by atoms with Gasteiger partial charge in [0.1, 0.15) is 11.6 Å². The highest BCUT2D eigenvalue weighted by Gasteiger charge is 2.25. The third-order valence-corrected chi connectivity index (χ3v) is 11.7. The molecule has 0 amide bonds. The number of benzene rings is 7. The van der Waals surface area contributed by atoms with Crippen molar-refractivity contribution in [3.63, 3.8) is 0 Å². The fourth-order valence-electron chi connectivity index (χ4n) is 8.27. The average molecular weight is 849 g/mol. The smallest absolute Gasteiger partial charge is 0.149 e. The molecule has 0 radical (unpaired) electrons. The molecule has 0 aliphatic rings. The summed E-state index contributed by atoms with van der Waals surface area (Å²) in [5.41, 5.74) is 7.15. The Balaban J connectivity index is 1.38. The number of imidazole rings is 1. The SMILES string of the molecule is [2H]c1nc(-c2cc(-c3cccc4c3nc(-c3cc(C)cc(C)c3O)n4-c3cc(C([2H])([2H])[2H])c(-c4ccccc4)cc3-c3ccc(C(C)(C)C)cc3)cc(C(C)(C)C)c2)c([2H])c(-c2c([2H])c([2H])c(C([2H])([2H])[2H])c([2H])c2[2H])c1[2H]. The molecule has 0 aliphatic heterocycles. The van der Waals surface area contributed by atoms with E-state index in [9.17, 15) is 6.48 Å². The highest BCUT2D eigenvalue weighted by atomic mass is 16.3. The van der Waals surface area contributed by atoms with Crippen molar-refractivity contribution in [2.24, 2.45) is 0 Å². The number of para-hydroxylation sites is 1. The van der Waals surface area contributed by atoms with Gasteiger partial charge in [-0.1, -0.05) is 150 Å². The third-order valence-electron chi connectivity index (χ3n) is 11.7. The Morgan fingerprint density at radius 2 is 1.27 bits per heavy atom. The number of aromatic nitrogens is 3. The summed E-state index contributed by atoms with van der Waals surface area (Å²) in [7, 11) is 0. The van der Waals surface area contributed by atoms with E-state index in [2.05, 4.69) is 37.9 Å². The van der Waals surface area contributed by atoms with Crippen molar-refractivity contribution in [2.75, 3.05) is 0 Å². The molecule has 2 aromatic heterocycles. The maximum Gasteiger partial charge on any atom is 0.149 e. The number of hydrogen-bond donors (Lipinski definition) is 1. The molecule has 0 atom stereocenters. The van der Waals surface area contributed by atoms with Crippen molar-refractivity contribution in [2.45, 2.75) is 79.9 Å². The van der Waals surface area contributed by atoms with Gasteiger partial charge in [-0.15, -0.1) is 0 Å². The molecule has 9 aromatic rings. The number of phenolic OH excluding ortho intramolecular Hbond substituents is 1. The maximum absolute atomic E-state index is 12.0. The van der Waals surface area contributed by atoms with Gasteiger partial charge in [-0.05, 0) is 148 Å². The van der Waals surface area contributed by atoms with Crippen LogP contribution in [0.4, 0.5) is 0 Å².